The summed E-state index contributed by atoms with van der Waals surface area (Å²) < 4.78 is 13.8. The molecule has 1 aliphatic heterocycles. The van der Waals surface area contributed by atoms with Crippen molar-refractivity contribution in [2.75, 3.05) is 13.1 Å². The lowest BCUT2D eigenvalue weighted by atomic mass is 10.1. The van der Waals surface area contributed by atoms with Crippen LogP contribution in [-0.2, 0) is 4.79 Å². The minimum atomic E-state index is -0.319. The van der Waals surface area contributed by atoms with Gasteiger partial charge < -0.3 is 4.90 Å². The predicted octanol–water partition coefficient (Wildman–Crippen LogP) is 2.69. The molecule has 104 valence electrons. The lowest BCUT2D eigenvalue weighted by molar-refractivity contribution is -0.128. The predicted molar refractivity (Wildman–Crippen MR) is 72.9 cm³/mol. The number of hydrogen-bond acceptors (Lipinski definition) is 2. The van der Waals surface area contributed by atoms with Crippen molar-refractivity contribution in [1.29, 1.82) is 0 Å². The quantitative estimate of drug-likeness (QED) is 0.887. The fourth-order valence-corrected chi connectivity index (χ4v) is 2.44. The van der Waals surface area contributed by atoms with Gasteiger partial charge in [0, 0.05) is 12.1 Å². The Morgan fingerprint density at radius 2 is 2.16 bits per heavy atom. The summed E-state index contributed by atoms with van der Waals surface area (Å²) in [5.41, 5.74) is 0.554. The standard InChI is InChI=1S/C15H21FN2O/c1-11(2)6-5-9-18-14(19)10-17-15(18)12-7-3-4-8-13(12)16/h3-4,7-8,11,15,17H,5-6,9-10H2,1-2H3. The highest BCUT2D eigenvalue weighted by Gasteiger charge is 2.32. The molecule has 19 heavy (non-hydrogen) atoms. The first-order valence-corrected chi connectivity index (χ1v) is 6.87. The number of benzene rings is 1. The third-order valence-electron chi connectivity index (χ3n) is 3.46. The number of carbonyl (C=O) groups is 1. The molecule has 0 spiro atoms. The van der Waals surface area contributed by atoms with E-state index in [9.17, 15) is 9.18 Å². The maximum Gasteiger partial charge on any atom is 0.238 e. The number of amides is 1. The number of nitrogens with one attached hydrogen (secondary N) is 1. The Morgan fingerprint density at radius 1 is 1.42 bits per heavy atom. The van der Waals surface area contributed by atoms with Crippen molar-refractivity contribution >= 4 is 5.91 Å². The van der Waals surface area contributed by atoms with Gasteiger partial charge in [-0.2, -0.15) is 0 Å². The summed E-state index contributed by atoms with van der Waals surface area (Å²) in [6, 6.07) is 6.64. The molecule has 4 heteroatoms. The molecule has 1 unspecified atom stereocenters. The van der Waals surface area contributed by atoms with E-state index in [1.54, 1.807) is 23.1 Å². The van der Waals surface area contributed by atoms with Crippen LogP contribution in [0.25, 0.3) is 0 Å². The van der Waals surface area contributed by atoms with Crippen LogP contribution in [0.15, 0.2) is 24.3 Å². The van der Waals surface area contributed by atoms with E-state index >= 15 is 0 Å². The molecule has 1 aromatic carbocycles. The Bertz CT molecular complexity index is 448. The molecule has 2 rings (SSSR count). The molecular formula is C15H21FN2O. The van der Waals surface area contributed by atoms with E-state index in [0.29, 0.717) is 24.6 Å². The van der Waals surface area contributed by atoms with Gasteiger partial charge in [-0.05, 0) is 24.8 Å². The van der Waals surface area contributed by atoms with Gasteiger partial charge in [0.15, 0.2) is 0 Å². The van der Waals surface area contributed by atoms with Crippen LogP contribution in [0.3, 0.4) is 0 Å². The molecule has 1 amide bonds. The van der Waals surface area contributed by atoms with Crippen LogP contribution in [0.4, 0.5) is 4.39 Å². The highest BCUT2D eigenvalue weighted by atomic mass is 19.1. The monoisotopic (exact) mass is 264 g/mol. The summed E-state index contributed by atoms with van der Waals surface area (Å²) in [4.78, 5) is 13.6. The maximum atomic E-state index is 13.8. The lowest BCUT2D eigenvalue weighted by Crippen LogP contribution is -2.32. The fraction of sp³-hybridized carbons (Fsp3) is 0.533. The van der Waals surface area contributed by atoms with Gasteiger partial charge in [0.25, 0.3) is 0 Å². The van der Waals surface area contributed by atoms with E-state index in [1.165, 1.54) is 6.07 Å². The molecular weight excluding hydrogens is 243 g/mol. The molecule has 3 nitrogen and oxygen atoms in total. The summed E-state index contributed by atoms with van der Waals surface area (Å²) in [6.45, 7) is 5.31. The average Bonchev–Trinajstić information content (AvgIpc) is 2.72. The molecule has 1 aliphatic rings. The Hall–Kier alpha value is -1.42. The van der Waals surface area contributed by atoms with Crippen molar-refractivity contribution in [1.82, 2.24) is 10.2 Å². The van der Waals surface area contributed by atoms with Gasteiger partial charge in [-0.15, -0.1) is 0 Å². The second-order valence-electron chi connectivity index (χ2n) is 5.43. The molecule has 0 bridgehead atoms. The molecule has 0 saturated carbocycles. The SMILES string of the molecule is CC(C)CCCN1C(=O)CNC1c1ccccc1F. The summed E-state index contributed by atoms with van der Waals surface area (Å²) in [7, 11) is 0. The van der Waals surface area contributed by atoms with Crippen molar-refractivity contribution in [3.05, 3.63) is 35.6 Å². The van der Waals surface area contributed by atoms with Gasteiger partial charge >= 0.3 is 0 Å². The van der Waals surface area contributed by atoms with E-state index in [2.05, 4.69) is 19.2 Å². The number of halogens is 1. The smallest absolute Gasteiger partial charge is 0.238 e. The second-order valence-corrected chi connectivity index (χ2v) is 5.43. The Labute approximate surface area is 113 Å². The number of hydrogen-bond donors (Lipinski definition) is 1. The lowest BCUT2D eigenvalue weighted by Gasteiger charge is -2.25. The molecule has 1 aromatic rings. The number of nitrogens with zero attached hydrogens (tertiary/aromatic N) is 1. The summed E-state index contributed by atoms with van der Waals surface area (Å²) in [6.07, 6.45) is 1.71. The second kappa shape index (κ2) is 6.15. The number of carbonyl (C=O) groups excluding carboxylic acids is 1. The van der Waals surface area contributed by atoms with E-state index in [4.69, 9.17) is 0 Å². The number of rotatable bonds is 5. The van der Waals surface area contributed by atoms with Gasteiger partial charge in [-0.3, -0.25) is 10.1 Å². The molecule has 1 heterocycles. The first kappa shape index (κ1) is 14.0. The van der Waals surface area contributed by atoms with Gasteiger partial charge in [0.1, 0.15) is 12.0 Å². The van der Waals surface area contributed by atoms with Crippen LogP contribution in [0.5, 0.6) is 0 Å². The highest BCUT2D eigenvalue weighted by molar-refractivity contribution is 5.80. The van der Waals surface area contributed by atoms with E-state index in [-0.39, 0.29) is 17.9 Å². The molecule has 0 aromatic heterocycles. The van der Waals surface area contributed by atoms with Crippen LogP contribution >= 0.6 is 0 Å². The molecule has 1 fully saturated rings. The van der Waals surface area contributed by atoms with Crippen molar-refractivity contribution in [3.63, 3.8) is 0 Å². The van der Waals surface area contributed by atoms with Crippen molar-refractivity contribution in [2.45, 2.75) is 32.9 Å². The van der Waals surface area contributed by atoms with Crippen molar-refractivity contribution in [3.8, 4) is 0 Å². The third-order valence-corrected chi connectivity index (χ3v) is 3.46. The van der Waals surface area contributed by atoms with Gasteiger partial charge in [0.05, 0.1) is 6.54 Å². The molecule has 0 radical (unpaired) electrons. The van der Waals surface area contributed by atoms with Crippen LogP contribution in [0, 0.1) is 11.7 Å². The normalized spacial score (nSPS) is 19.5. The van der Waals surface area contributed by atoms with Crippen molar-refractivity contribution < 1.29 is 9.18 Å². The van der Waals surface area contributed by atoms with E-state index < -0.39 is 0 Å². The van der Waals surface area contributed by atoms with E-state index in [0.717, 1.165) is 12.8 Å². The Morgan fingerprint density at radius 3 is 2.84 bits per heavy atom. The fourth-order valence-electron chi connectivity index (χ4n) is 2.44. The molecule has 1 atom stereocenters. The molecule has 0 aliphatic carbocycles. The first-order valence-electron chi connectivity index (χ1n) is 6.87. The molecule has 1 saturated heterocycles. The zero-order valence-corrected chi connectivity index (χ0v) is 11.5. The van der Waals surface area contributed by atoms with Crippen molar-refractivity contribution in [2.24, 2.45) is 5.92 Å². The van der Waals surface area contributed by atoms with E-state index in [1.807, 2.05) is 0 Å². The van der Waals surface area contributed by atoms with Gasteiger partial charge in [-0.25, -0.2) is 4.39 Å². The minimum Gasteiger partial charge on any atom is -0.322 e. The zero-order valence-electron chi connectivity index (χ0n) is 11.5. The van der Waals surface area contributed by atoms with Gasteiger partial charge in [-0.1, -0.05) is 32.0 Å². The Balaban J connectivity index is 2.07. The average molecular weight is 264 g/mol. The maximum absolute atomic E-state index is 13.8. The summed E-state index contributed by atoms with van der Waals surface area (Å²) in [5.74, 6) is 0.415. The zero-order chi connectivity index (χ0) is 13.8. The topological polar surface area (TPSA) is 32.3 Å². The Kier molecular flexibility index (Phi) is 4.53. The molecule has 1 N–H and O–H groups in total. The van der Waals surface area contributed by atoms with Crippen LogP contribution < -0.4 is 5.32 Å². The third kappa shape index (κ3) is 3.32. The van der Waals surface area contributed by atoms with Crippen LogP contribution in [0.1, 0.15) is 38.4 Å². The first-order chi connectivity index (χ1) is 9.09. The summed E-state index contributed by atoms with van der Waals surface area (Å²) in [5, 5.41) is 3.09. The highest BCUT2D eigenvalue weighted by Crippen LogP contribution is 2.25. The summed E-state index contributed by atoms with van der Waals surface area (Å²) >= 11 is 0. The largest absolute Gasteiger partial charge is 0.322 e. The van der Waals surface area contributed by atoms with Crippen LogP contribution in [0.2, 0.25) is 0 Å². The minimum absolute atomic E-state index is 0.0528. The van der Waals surface area contributed by atoms with Crippen LogP contribution in [-0.4, -0.2) is 23.9 Å². The van der Waals surface area contributed by atoms with Gasteiger partial charge in [0.2, 0.25) is 5.91 Å².